The number of fused-ring (bicyclic) bond motifs is 1. The van der Waals surface area contributed by atoms with Crippen LogP contribution in [0.1, 0.15) is 23.8 Å². The molecule has 3 N–H and O–H groups in total. The number of aliphatic hydroxyl groups excluding tert-OH is 1. The number of hydrogen-bond donors (Lipinski definition) is 3. The van der Waals surface area contributed by atoms with E-state index in [4.69, 9.17) is 5.11 Å². The van der Waals surface area contributed by atoms with Crippen molar-refractivity contribution in [1.29, 1.82) is 0 Å². The maximum absolute atomic E-state index is 11.9. The summed E-state index contributed by atoms with van der Waals surface area (Å²) in [4.78, 5) is 11.9. The molecule has 0 aliphatic rings. The molecule has 0 aliphatic heterocycles. The fourth-order valence-electron chi connectivity index (χ4n) is 1.69. The number of hydrogen-bond acceptors (Lipinski definition) is 3. The van der Waals surface area contributed by atoms with Crippen LogP contribution in [-0.2, 0) is 0 Å². The van der Waals surface area contributed by atoms with Gasteiger partial charge in [0.2, 0.25) is 0 Å². The van der Waals surface area contributed by atoms with Crippen LogP contribution in [0.3, 0.4) is 0 Å². The van der Waals surface area contributed by atoms with Gasteiger partial charge in [0.05, 0.1) is 5.52 Å². The molecule has 0 spiro atoms. The van der Waals surface area contributed by atoms with Crippen molar-refractivity contribution in [3.05, 3.63) is 30.0 Å². The summed E-state index contributed by atoms with van der Waals surface area (Å²) in [6.07, 6.45) is 0.536. The Morgan fingerprint density at radius 3 is 3.06 bits per heavy atom. The smallest absolute Gasteiger partial charge is 0.272 e. The maximum atomic E-state index is 11.9. The van der Waals surface area contributed by atoms with Crippen LogP contribution >= 0.6 is 0 Å². The highest BCUT2D eigenvalue weighted by atomic mass is 16.3. The number of para-hydroxylation sites is 1. The Balaban J connectivity index is 2.19. The highest BCUT2D eigenvalue weighted by Gasteiger charge is 2.15. The minimum absolute atomic E-state index is 0.0583. The lowest BCUT2D eigenvalue weighted by Crippen LogP contribution is -2.33. The van der Waals surface area contributed by atoms with Crippen molar-refractivity contribution in [2.24, 2.45) is 0 Å². The Bertz CT molecular complexity index is 521. The lowest BCUT2D eigenvalue weighted by molar-refractivity contribution is 0.0931. The van der Waals surface area contributed by atoms with Crippen molar-refractivity contribution < 1.29 is 9.90 Å². The van der Waals surface area contributed by atoms with E-state index >= 15 is 0 Å². The van der Waals surface area contributed by atoms with Gasteiger partial charge in [-0.1, -0.05) is 18.2 Å². The number of rotatable bonds is 4. The Labute approximate surface area is 98.8 Å². The summed E-state index contributed by atoms with van der Waals surface area (Å²) in [6.45, 7) is 1.91. The standard InChI is InChI=1S/C12H15N3O2/c1-8(6-7-16)13-12(17)11-9-4-2-3-5-10(9)14-15-11/h2-5,8,16H,6-7H2,1H3,(H,13,17)(H,14,15)/t8-/m1/s1. The van der Waals surface area contributed by atoms with Crippen molar-refractivity contribution in [2.45, 2.75) is 19.4 Å². The molecule has 0 saturated carbocycles. The van der Waals surface area contributed by atoms with E-state index in [1.165, 1.54) is 0 Å². The van der Waals surface area contributed by atoms with E-state index in [1.807, 2.05) is 31.2 Å². The van der Waals surface area contributed by atoms with Crippen LogP contribution in [0.4, 0.5) is 0 Å². The second kappa shape index (κ2) is 4.97. The Hall–Kier alpha value is -1.88. The van der Waals surface area contributed by atoms with E-state index in [0.29, 0.717) is 12.1 Å². The molecule has 2 rings (SSSR count). The number of carbonyl (C=O) groups excluding carboxylic acids is 1. The fourth-order valence-corrected chi connectivity index (χ4v) is 1.69. The average molecular weight is 233 g/mol. The van der Waals surface area contributed by atoms with Gasteiger partial charge in [-0.3, -0.25) is 9.89 Å². The first-order valence-corrected chi connectivity index (χ1v) is 5.57. The highest BCUT2D eigenvalue weighted by Crippen LogP contribution is 2.14. The maximum Gasteiger partial charge on any atom is 0.272 e. The predicted molar refractivity (Wildman–Crippen MR) is 64.7 cm³/mol. The van der Waals surface area contributed by atoms with Gasteiger partial charge in [-0.05, 0) is 19.4 Å². The third-order valence-corrected chi connectivity index (χ3v) is 2.63. The second-order valence-corrected chi connectivity index (χ2v) is 4.00. The number of aromatic amines is 1. The normalized spacial score (nSPS) is 12.6. The zero-order valence-corrected chi connectivity index (χ0v) is 9.60. The van der Waals surface area contributed by atoms with E-state index in [0.717, 1.165) is 10.9 Å². The van der Waals surface area contributed by atoms with Gasteiger partial charge >= 0.3 is 0 Å². The molecule has 1 aromatic carbocycles. The van der Waals surface area contributed by atoms with Crippen LogP contribution in [-0.4, -0.2) is 33.9 Å². The average Bonchev–Trinajstić information content (AvgIpc) is 2.72. The molecule has 0 fully saturated rings. The quantitative estimate of drug-likeness (QED) is 0.739. The molecular weight excluding hydrogens is 218 g/mol. The molecule has 2 aromatic rings. The monoisotopic (exact) mass is 233 g/mol. The third-order valence-electron chi connectivity index (χ3n) is 2.63. The molecule has 0 saturated heterocycles. The summed E-state index contributed by atoms with van der Waals surface area (Å²) in [5.41, 5.74) is 1.23. The lowest BCUT2D eigenvalue weighted by Gasteiger charge is -2.10. The van der Waals surface area contributed by atoms with E-state index in [-0.39, 0.29) is 18.6 Å². The summed E-state index contributed by atoms with van der Waals surface area (Å²) in [6, 6.07) is 7.41. The second-order valence-electron chi connectivity index (χ2n) is 4.00. The van der Waals surface area contributed by atoms with Crippen LogP contribution in [0.5, 0.6) is 0 Å². The SMILES string of the molecule is C[C@H](CCO)NC(=O)c1n[nH]c2ccccc12. The van der Waals surface area contributed by atoms with Gasteiger partial charge in [0, 0.05) is 18.0 Å². The van der Waals surface area contributed by atoms with Gasteiger partial charge in [-0.2, -0.15) is 5.10 Å². The highest BCUT2D eigenvalue weighted by molar-refractivity contribution is 6.04. The molecule has 5 nitrogen and oxygen atoms in total. The summed E-state index contributed by atoms with van der Waals surface area (Å²) in [5, 5.41) is 19.2. The molecule has 90 valence electrons. The number of amides is 1. The number of nitrogens with zero attached hydrogens (tertiary/aromatic N) is 1. The molecule has 5 heteroatoms. The first-order valence-electron chi connectivity index (χ1n) is 5.57. The molecule has 0 bridgehead atoms. The Morgan fingerprint density at radius 1 is 1.53 bits per heavy atom. The first-order chi connectivity index (χ1) is 8.22. The van der Waals surface area contributed by atoms with Crippen LogP contribution in [0, 0.1) is 0 Å². The van der Waals surface area contributed by atoms with Gasteiger partial charge in [0.1, 0.15) is 0 Å². The molecule has 0 aliphatic carbocycles. The van der Waals surface area contributed by atoms with Gasteiger partial charge < -0.3 is 10.4 Å². The minimum atomic E-state index is -0.219. The van der Waals surface area contributed by atoms with Crippen LogP contribution < -0.4 is 5.32 Å². The van der Waals surface area contributed by atoms with E-state index < -0.39 is 0 Å². The molecule has 17 heavy (non-hydrogen) atoms. The minimum Gasteiger partial charge on any atom is -0.396 e. The van der Waals surface area contributed by atoms with Crippen LogP contribution in [0.2, 0.25) is 0 Å². The molecule has 0 unspecified atom stereocenters. The van der Waals surface area contributed by atoms with Crippen molar-refractivity contribution in [2.75, 3.05) is 6.61 Å². The molecule has 1 atom stereocenters. The van der Waals surface area contributed by atoms with E-state index in [2.05, 4.69) is 15.5 Å². The van der Waals surface area contributed by atoms with Crippen LogP contribution in [0.15, 0.2) is 24.3 Å². The first kappa shape index (κ1) is 11.6. The Morgan fingerprint density at radius 2 is 2.29 bits per heavy atom. The fraction of sp³-hybridized carbons (Fsp3) is 0.333. The number of carbonyl (C=O) groups is 1. The van der Waals surface area contributed by atoms with Crippen molar-refractivity contribution in [3.8, 4) is 0 Å². The summed E-state index contributed by atoms with van der Waals surface area (Å²) < 4.78 is 0. The zero-order valence-electron chi connectivity index (χ0n) is 9.60. The molecular formula is C12H15N3O2. The predicted octanol–water partition coefficient (Wildman–Crippen LogP) is 1.06. The summed E-state index contributed by atoms with van der Waals surface area (Å²) in [7, 11) is 0. The van der Waals surface area contributed by atoms with Gasteiger partial charge in [0.15, 0.2) is 5.69 Å². The summed E-state index contributed by atoms with van der Waals surface area (Å²) >= 11 is 0. The lowest BCUT2D eigenvalue weighted by atomic mass is 10.2. The van der Waals surface area contributed by atoms with E-state index in [1.54, 1.807) is 0 Å². The van der Waals surface area contributed by atoms with Gasteiger partial charge in [-0.25, -0.2) is 0 Å². The molecule has 0 radical (unpaired) electrons. The van der Waals surface area contributed by atoms with Crippen LogP contribution in [0.25, 0.3) is 10.9 Å². The van der Waals surface area contributed by atoms with Gasteiger partial charge in [0.25, 0.3) is 5.91 Å². The van der Waals surface area contributed by atoms with Crippen molar-refractivity contribution >= 4 is 16.8 Å². The molecule has 1 amide bonds. The number of H-pyrrole nitrogens is 1. The van der Waals surface area contributed by atoms with Gasteiger partial charge in [-0.15, -0.1) is 0 Å². The topological polar surface area (TPSA) is 78.0 Å². The molecule has 1 heterocycles. The van der Waals surface area contributed by atoms with Crippen molar-refractivity contribution in [1.82, 2.24) is 15.5 Å². The number of benzene rings is 1. The number of aliphatic hydroxyl groups is 1. The number of nitrogens with one attached hydrogen (secondary N) is 2. The Kier molecular flexibility index (Phi) is 3.39. The van der Waals surface area contributed by atoms with Crippen molar-refractivity contribution in [3.63, 3.8) is 0 Å². The third kappa shape index (κ3) is 2.45. The zero-order chi connectivity index (χ0) is 12.3. The largest absolute Gasteiger partial charge is 0.396 e. The molecule has 1 aromatic heterocycles. The number of aromatic nitrogens is 2. The summed E-state index contributed by atoms with van der Waals surface area (Å²) in [5.74, 6) is -0.219. The van der Waals surface area contributed by atoms with E-state index in [9.17, 15) is 4.79 Å².